The molecule has 1 aromatic heterocycles. The number of aromatic nitrogens is 1. The van der Waals surface area contributed by atoms with Gasteiger partial charge < -0.3 is 40.4 Å². The number of hydrogen-bond donors (Lipinski definition) is 0. The summed E-state index contributed by atoms with van der Waals surface area (Å²) in [6, 6.07) is 14.1. The maximum absolute atomic E-state index is 14.2. The minimum atomic E-state index is -0.808. The average molecular weight is 814 g/mol. The Hall–Kier alpha value is -3.45. The molecular weight excluding hydrogens is 762 g/mol. The number of rotatable bonds is 17. The number of piperazine rings is 3. The molecular formula is C41H51BrF2N4O4S. The van der Waals surface area contributed by atoms with Crippen molar-refractivity contribution in [2.24, 2.45) is 0 Å². The van der Waals surface area contributed by atoms with Crippen molar-refractivity contribution in [1.82, 2.24) is 9.47 Å². The lowest BCUT2D eigenvalue weighted by molar-refractivity contribution is -0.941. The number of pyridine rings is 1. The molecule has 0 spiro atoms. The van der Waals surface area contributed by atoms with Crippen molar-refractivity contribution < 1.29 is 44.5 Å². The maximum atomic E-state index is 14.2. The van der Waals surface area contributed by atoms with Crippen molar-refractivity contribution in [2.75, 3.05) is 76.2 Å². The number of nitrogens with zero attached hydrogens (tertiary/aromatic N) is 4. The van der Waals surface area contributed by atoms with Crippen LogP contribution in [0.3, 0.4) is 0 Å². The number of carbonyl (C=O) groups is 1. The molecule has 3 fully saturated rings. The molecule has 8 nitrogen and oxygen atoms in total. The summed E-state index contributed by atoms with van der Waals surface area (Å²) in [5, 5.41) is 0.359. The van der Waals surface area contributed by atoms with E-state index in [0.29, 0.717) is 41.3 Å². The molecule has 0 saturated carbocycles. The van der Waals surface area contributed by atoms with Gasteiger partial charge in [-0.25, -0.2) is 8.78 Å². The van der Waals surface area contributed by atoms with Gasteiger partial charge in [-0.3, -0.25) is 14.5 Å². The molecule has 53 heavy (non-hydrogen) atoms. The Bertz CT molecular complexity index is 1880. The number of ether oxygens (including phenoxy) is 2. The summed E-state index contributed by atoms with van der Waals surface area (Å²) < 4.78 is 43.3. The van der Waals surface area contributed by atoms with Crippen molar-refractivity contribution in [3.8, 4) is 17.2 Å². The van der Waals surface area contributed by atoms with E-state index in [0.717, 1.165) is 35.3 Å². The predicted octanol–water partition coefficient (Wildman–Crippen LogP) is 4.93. The van der Waals surface area contributed by atoms with Crippen LogP contribution in [0.1, 0.15) is 63.2 Å². The first-order valence-electron chi connectivity index (χ1n) is 18.8. The van der Waals surface area contributed by atoms with Gasteiger partial charge in [0.15, 0.2) is 0 Å². The fourth-order valence-electron chi connectivity index (χ4n) is 7.58. The minimum Gasteiger partial charge on any atom is -1.00 e. The summed E-state index contributed by atoms with van der Waals surface area (Å²) in [4.78, 5) is 32.9. The Kier molecular flexibility index (Phi) is 14.4. The zero-order valence-electron chi connectivity index (χ0n) is 31.1. The first-order valence-corrected chi connectivity index (χ1v) is 19.8. The van der Waals surface area contributed by atoms with Gasteiger partial charge >= 0.3 is 0 Å². The Labute approximate surface area is 326 Å². The molecule has 2 bridgehead atoms. The molecule has 3 aromatic carbocycles. The first-order chi connectivity index (χ1) is 25.2. The van der Waals surface area contributed by atoms with E-state index in [2.05, 4.69) is 4.90 Å². The highest BCUT2D eigenvalue weighted by molar-refractivity contribution is 7.99. The third kappa shape index (κ3) is 9.81. The van der Waals surface area contributed by atoms with Gasteiger partial charge in [-0.2, -0.15) is 0 Å². The lowest BCUT2D eigenvalue weighted by Gasteiger charge is -2.50. The third-order valence-corrected chi connectivity index (χ3v) is 11.5. The summed E-state index contributed by atoms with van der Waals surface area (Å²) in [5.41, 5.74) is 0.742. The SMILES string of the molecule is CCOc1cc(OCC)cc(-n2cc(C(=O)N(CC)c3cc(F)cc(F)c3)c(=O)c3ccc(SCCCCCCC[N+]45CCN(CC4)CC5)cc32)c1.[Br-]. The number of thioether (sulfide) groups is 1. The molecule has 286 valence electrons. The van der Waals surface area contributed by atoms with E-state index in [9.17, 15) is 18.4 Å². The summed E-state index contributed by atoms with van der Waals surface area (Å²) in [7, 11) is 0. The van der Waals surface area contributed by atoms with Gasteiger partial charge in [-0.1, -0.05) is 12.8 Å². The smallest absolute Gasteiger partial charge is 0.263 e. The van der Waals surface area contributed by atoms with E-state index in [1.807, 2.05) is 48.7 Å². The fraction of sp³-hybridized carbons (Fsp3) is 0.463. The monoisotopic (exact) mass is 812 g/mol. The molecule has 12 heteroatoms. The number of amides is 1. The molecule has 0 unspecified atom stereocenters. The molecule has 1 amide bonds. The second-order valence-electron chi connectivity index (χ2n) is 13.8. The van der Waals surface area contributed by atoms with Crippen molar-refractivity contribution >= 4 is 34.3 Å². The number of benzene rings is 3. The highest BCUT2D eigenvalue weighted by Crippen LogP contribution is 2.31. The number of halogens is 3. The van der Waals surface area contributed by atoms with Gasteiger partial charge in [0, 0.05) is 72.6 Å². The van der Waals surface area contributed by atoms with E-state index in [1.54, 1.807) is 24.8 Å². The minimum absolute atomic E-state index is 0. The summed E-state index contributed by atoms with van der Waals surface area (Å²) in [6.45, 7) is 15.6. The average Bonchev–Trinajstić information content (AvgIpc) is 3.13. The Morgan fingerprint density at radius 1 is 0.830 bits per heavy atom. The Balaban J connectivity index is 0.00000541. The topological polar surface area (TPSA) is 64.0 Å². The van der Waals surface area contributed by atoms with Gasteiger partial charge in [0.1, 0.15) is 28.7 Å². The van der Waals surface area contributed by atoms with Crippen LogP contribution in [0.25, 0.3) is 16.6 Å². The largest absolute Gasteiger partial charge is 1.00 e. The highest BCUT2D eigenvalue weighted by Gasteiger charge is 2.37. The van der Waals surface area contributed by atoms with Gasteiger partial charge in [0.2, 0.25) is 5.43 Å². The zero-order chi connectivity index (χ0) is 36.7. The fourth-order valence-corrected chi connectivity index (χ4v) is 8.52. The molecule has 0 atom stereocenters. The molecule has 7 rings (SSSR count). The normalized spacial score (nSPS) is 17.8. The van der Waals surface area contributed by atoms with Gasteiger partial charge in [-0.05, 0) is 76.1 Å². The standard InChI is InChI=1S/C41H51F2N4O4S.BrH/c1-4-45(32-23-30(42)22-31(43)24-32)41(49)38-29-46(33-25-34(50-5-2)27-35(26-33)51-6-3)39-28-36(12-13-37(39)40(38)48)52-21-11-9-7-8-10-17-47-18-14-44(15-19-47)16-20-47;/h12-13,22-29H,4-11,14-21H2,1-3H3;1H/q+1;/p-1. The molecule has 0 aliphatic carbocycles. The summed E-state index contributed by atoms with van der Waals surface area (Å²) in [6.07, 6.45) is 7.67. The highest BCUT2D eigenvalue weighted by atomic mass is 79.9. The molecule has 4 aromatic rings. The molecule has 0 N–H and O–H groups in total. The Morgan fingerprint density at radius 3 is 2.08 bits per heavy atom. The summed E-state index contributed by atoms with van der Waals surface area (Å²) in [5.74, 6) is -0.134. The van der Waals surface area contributed by atoms with E-state index >= 15 is 0 Å². The van der Waals surface area contributed by atoms with Gasteiger partial charge in [0.25, 0.3) is 5.91 Å². The van der Waals surface area contributed by atoms with Crippen LogP contribution in [0, 0.1) is 11.6 Å². The lowest BCUT2D eigenvalue weighted by atomic mass is 10.1. The quantitative estimate of drug-likeness (QED) is 0.0858. The lowest BCUT2D eigenvalue weighted by Crippen LogP contribution is -3.00. The number of fused-ring (bicyclic) bond motifs is 4. The predicted molar refractivity (Wildman–Crippen MR) is 206 cm³/mol. The number of anilines is 1. The zero-order valence-corrected chi connectivity index (χ0v) is 33.5. The number of quaternary nitrogens is 1. The van der Waals surface area contributed by atoms with Crippen LogP contribution < -0.4 is 36.8 Å². The van der Waals surface area contributed by atoms with Gasteiger partial charge in [-0.15, -0.1) is 11.8 Å². The molecule has 3 saturated heterocycles. The van der Waals surface area contributed by atoms with Crippen LogP contribution >= 0.6 is 11.8 Å². The number of hydrogen-bond acceptors (Lipinski definition) is 6. The maximum Gasteiger partial charge on any atom is 0.263 e. The molecule has 0 radical (unpaired) electrons. The Morgan fingerprint density at radius 2 is 1.45 bits per heavy atom. The van der Waals surface area contributed by atoms with Crippen LogP contribution in [0.5, 0.6) is 11.5 Å². The number of unbranched alkanes of at least 4 members (excludes halogenated alkanes) is 4. The van der Waals surface area contributed by atoms with Crippen molar-refractivity contribution in [3.63, 3.8) is 0 Å². The van der Waals surface area contributed by atoms with E-state index < -0.39 is 23.0 Å². The van der Waals surface area contributed by atoms with Crippen molar-refractivity contribution in [1.29, 1.82) is 0 Å². The molecule has 4 heterocycles. The van der Waals surface area contributed by atoms with Crippen LogP contribution in [-0.2, 0) is 0 Å². The van der Waals surface area contributed by atoms with E-state index in [1.165, 1.54) is 87.1 Å². The van der Waals surface area contributed by atoms with E-state index in [4.69, 9.17) is 9.47 Å². The van der Waals surface area contributed by atoms with Crippen LogP contribution in [-0.4, -0.2) is 91.2 Å². The molecule has 3 aliphatic rings. The third-order valence-electron chi connectivity index (χ3n) is 10.4. The number of carbonyl (C=O) groups excluding carboxylic acids is 1. The van der Waals surface area contributed by atoms with Crippen molar-refractivity contribution in [2.45, 2.75) is 57.8 Å². The summed E-state index contributed by atoms with van der Waals surface area (Å²) >= 11 is 1.76. The van der Waals surface area contributed by atoms with E-state index in [-0.39, 0.29) is 34.8 Å². The second kappa shape index (κ2) is 18.7. The van der Waals surface area contributed by atoms with Gasteiger partial charge in [0.05, 0.1) is 50.6 Å². The molecule has 3 aliphatic heterocycles. The van der Waals surface area contributed by atoms with Crippen molar-refractivity contribution in [3.05, 3.63) is 88.2 Å². The van der Waals surface area contributed by atoms with Crippen LogP contribution in [0.2, 0.25) is 0 Å². The van der Waals surface area contributed by atoms with Crippen LogP contribution in [0.15, 0.2) is 70.5 Å². The van der Waals surface area contributed by atoms with Crippen LogP contribution in [0.4, 0.5) is 14.5 Å². The second-order valence-corrected chi connectivity index (χ2v) is 15.0. The first kappa shape index (κ1) is 40.7.